The van der Waals surface area contributed by atoms with Crippen molar-refractivity contribution in [2.75, 3.05) is 31.3 Å². The van der Waals surface area contributed by atoms with Crippen LogP contribution in [-0.2, 0) is 16.1 Å². The zero-order valence-corrected chi connectivity index (χ0v) is 20.2. The van der Waals surface area contributed by atoms with E-state index in [1.165, 1.54) is 24.2 Å². The Morgan fingerprint density at radius 3 is 2.56 bits per heavy atom. The van der Waals surface area contributed by atoms with Gasteiger partial charge in [0, 0.05) is 36.9 Å². The molecule has 2 aromatic carbocycles. The molecule has 4 rings (SSSR count). The fourth-order valence-corrected chi connectivity index (χ4v) is 5.18. The van der Waals surface area contributed by atoms with Crippen LogP contribution in [-0.4, -0.2) is 60.0 Å². The number of amides is 2. The van der Waals surface area contributed by atoms with Crippen LogP contribution < -0.4 is 20.7 Å². The van der Waals surface area contributed by atoms with Crippen LogP contribution >= 0.6 is 11.8 Å². The minimum Gasteiger partial charge on any atom is -0.497 e. The van der Waals surface area contributed by atoms with Gasteiger partial charge < -0.3 is 15.4 Å². The molecule has 2 heterocycles. The van der Waals surface area contributed by atoms with Crippen LogP contribution in [0.3, 0.4) is 0 Å². The van der Waals surface area contributed by atoms with Crippen LogP contribution in [0.25, 0.3) is 0 Å². The third-order valence-electron chi connectivity index (χ3n) is 6.19. The van der Waals surface area contributed by atoms with Gasteiger partial charge in [-0.3, -0.25) is 24.6 Å². The van der Waals surface area contributed by atoms with E-state index < -0.39 is 0 Å². The van der Waals surface area contributed by atoms with Crippen molar-refractivity contribution >= 4 is 35.0 Å². The molecule has 0 saturated carbocycles. The Kier molecular flexibility index (Phi) is 7.87. The summed E-state index contributed by atoms with van der Waals surface area (Å²) in [7, 11) is 1.65. The van der Waals surface area contributed by atoms with Crippen molar-refractivity contribution in [3.05, 3.63) is 59.7 Å². The minimum atomic E-state index is -0.298. The van der Waals surface area contributed by atoms with E-state index in [9.17, 15) is 14.4 Å². The van der Waals surface area contributed by atoms with E-state index in [0.29, 0.717) is 17.8 Å². The van der Waals surface area contributed by atoms with E-state index in [1.807, 2.05) is 12.1 Å². The Balaban J connectivity index is 1.23. The molecule has 2 saturated heterocycles. The average Bonchev–Trinajstić information content (AvgIpc) is 2.84. The molecule has 34 heavy (non-hydrogen) atoms. The van der Waals surface area contributed by atoms with Gasteiger partial charge in [-0.2, -0.15) is 0 Å². The molecule has 2 aliphatic heterocycles. The summed E-state index contributed by atoms with van der Waals surface area (Å²) in [4.78, 5) is 38.8. The zero-order chi connectivity index (χ0) is 24.1. The second-order valence-corrected chi connectivity index (χ2v) is 9.73. The first-order valence-corrected chi connectivity index (χ1v) is 12.4. The van der Waals surface area contributed by atoms with Crippen molar-refractivity contribution < 1.29 is 19.1 Å². The second-order valence-electron chi connectivity index (χ2n) is 8.63. The fourth-order valence-electron chi connectivity index (χ4n) is 4.32. The van der Waals surface area contributed by atoms with Gasteiger partial charge in [-0.25, -0.2) is 0 Å². The average molecular weight is 483 g/mol. The standard InChI is InChI=1S/C25H30N4O4S/c1-16(30)18-5-7-19(8-6-18)26-23(31)15-34-25-27-22-11-12-29(14-21(22)24(32)28-25)13-17-3-9-20(33-2)10-4-17/h3-10,21-22,25,27H,11-15H2,1-2H3,(H,26,31)(H,28,32). The summed E-state index contributed by atoms with van der Waals surface area (Å²) < 4.78 is 5.22. The van der Waals surface area contributed by atoms with Gasteiger partial charge in [0.2, 0.25) is 11.8 Å². The van der Waals surface area contributed by atoms with Gasteiger partial charge in [-0.1, -0.05) is 12.1 Å². The molecule has 0 aromatic heterocycles. The smallest absolute Gasteiger partial charge is 0.234 e. The number of hydrogen-bond donors (Lipinski definition) is 3. The number of benzene rings is 2. The van der Waals surface area contributed by atoms with E-state index >= 15 is 0 Å². The molecule has 180 valence electrons. The number of ketones is 1. The molecule has 9 heteroatoms. The van der Waals surface area contributed by atoms with Crippen LogP contribution in [0.1, 0.15) is 29.3 Å². The number of carbonyl (C=O) groups excluding carboxylic acids is 3. The lowest BCUT2D eigenvalue weighted by Gasteiger charge is -2.43. The number of likely N-dealkylation sites (tertiary alicyclic amines) is 1. The highest BCUT2D eigenvalue weighted by atomic mass is 32.2. The molecule has 2 fully saturated rings. The lowest BCUT2D eigenvalue weighted by molar-refractivity contribution is -0.130. The van der Waals surface area contributed by atoms with Gasteiger partial charge in [0.15, 0.2) is 5.78 Å². The summed E-state index contributed by atoms with van der Waals surface area (Å²) in [5.41, 5.74) is 2.14. The molecule has 0 aliphatic carbocycles. The Bertz CT molecular complexity index is 1030. The van der Waals surface area contributed by atoms with Crippen molar-refractivity contribution in [1.29, 1.82) is 0 Å². The third-order valence-corrected chi connectivity index (χ3v) is 7.21. The quantitative estimate of drug-likeness (QED) is 0.497. The zero-order valence-electron chi connectivity index (χ0n) is 19.4. The molecule has 2 amide bonds. The molecule has 0 radical (unpaired) electrons. The summed E-state index contributed by atoms with van der Waals surface area (Å²) in [5, 5.41) is 9.33. The number of ether oxygens (including phenoxy) is 1. The molecule has 2 aliphatic rings. The van der Waals surface area contributed by atoms with E-state index in [0.717, 1.165) is 25.3 Å². The Labute approximate surface area is 203 Å². The van der Waals surface area contributed by atoms with Crippen molar-refractivity contribution in [3.8, 4) is 5.75 Å². The van der Waals surface area contributed by atoms with Crippen molar-refractivity contribution in [2.45, 2.75) is 31.4 Å². The molecular weight excluding hydrogens is 452 g/mol. The van der Waals surface area contributed by atoms with E-state index in [-0.39, 0.29) is 40.8 Å². The first-order valence-electron chi connectivity index (χ1n) is 11.4. The van der Waals surface area contributed by atoms with E-state index in [2.05, 4.69) is 33.0 Å². The molecule has 0 spiro atoms. The summed E-state index contributed by atoms with van der Waals surface area (Å²) in [6.07, 6.45) is 0.875. The molecule has 2 aromatic rings. The fraction of sp³-hybridized carbons (Fsp3) is 0.400. The highest BCUT2D eigenvalue weighted by Crippen LogP contribution is 2.25. The molecule has 8 nitrogen and oxygen atoms in total. The topological polar surface area (TPSA) is 99.8 Å². The number of rotatable bonds is 8. The number of carbonyl (C=O) groups is 3. The Morgan fingerprint density at radius 1 is 1.15 bits per heavy atom. The summed E-state index contributed by atoms with van der Waals surface area (Å²) in [5.74, 6) is 0.776. The van der Waals surface area contributed by atoms with Crippen LogP contribution in [0.2, 0.25) is 0 Å². The second kappa shape index (κ2) is 11.0. The van der Waals surface area contributed by atoms with Crippen LogP contribution in [0.15, 0.2) is 48.5 Å². The number of methoxy groups -OCH3 is 1. The van der Waals surface area contributed by atoms with E-state index in [1.54, 1.807) is 31.4 Å². The van der Waals surface area contributed by atoms with Crippen LogP contribution in [0.5, 0.6) is 5.75 Å². The maximum Gasteiger partial charge on any atom is 0.234 e. The van der Waals surface area contributed by atoms with Gasteiger partial charge in [-0.15, -0.1) is 11.8 Å². The van der Waals surface area contributed by atoms with Gasteiger partial charge >= 0.3 is 0 Å². The van der Waals surface area contributed by atoms with Gasteiger partial charge in [0.1, 0.15) is 11.2 Å². The number of nitrogens with one attached hydrogen (secondary N) is 3. The van der Waals surface area contributed by atoms with E-state index in [4.69, 9.17) is 4.74 Å². The van der Waals surface area contributed by atoms with Gasteiger partial charge in [-0.05, 0) is 55.3 Å². The van der Waals surface area contributed by atoms with Crippen LogP contribution in [0.4, 0.5) is 5.69 Å². The van der Waals surface area contributed by atoms with Crippen LogP contribution in [0, 0.1) is 5.92 Å². The van der Waals surface area contributed by atoms with Crippen molar-refractivity contribution in [1.82, 2.24) is 15.5 Å². The third kappa shape index (κ3) is 6.16. The predicted octanol–water partition coefficient (Wildman–Crippen LogP) is 2.46. The largest absolute Gasteiger partial charge is 0.497 e. The number of piperidine rings is 1. The molecule has 3 unspecified atom stereocenters. The van der Waals surface area contributed by atoms with Gasteiger partial charge in [0.25, 0.3) is 0 Å². The minimum absolute atomic E-state index is 0.0163. The van der Waals surface area contributed by atoms with Crippen molar-refractivity contribution in [2.24, 2.45) is 5.92 Å². The molecule has 3 N–H and O–H groups in total. The normalized spacial score (nSPS) is 22.4. The Morgan fingerprint density at radius 2 is 1.88 bits per heavy atom. The van der Waals surface area contributed by atoms with Gasteiger partial charge in [0.05, 0.1) is 18.8 Å². The number of fused-ring (bicyclic) bond motifs is 1. The van der Waals surface area contributed by atoms with Crippen molar-refractivity contribution in [3.63, 3.8) is 0 Å². The lowest BCUT2D eigenvalue weighted by atomic mass is 9.89. The monoisotopic (exact) mass is 482 g/mol. The number of Topliss-reactive ketones (excluding diaryl/α,β-unsaturated/α-hetero) is 1. The highest BCUT2D eigenvalue weighted by molar-refractivity contribution is 8.00. The number of hydrogen-bond acceptors (Lipinski definition) is 7. The summed E-state index contributed by atoms with van der Waals surface area (Å²) in [6, 6.07) is 14.9. The molecule has 0 bridgehead atoms. The molecule has 3 atom stereocenters. The Hall–Kier alpha value is -2.88. The maximum absolute atomic E-state index is 12.8. The maximum atomic E-state index is 12.8. The SMILES string of the molecule is COc1ccc(CN2CCC3NC(SCC(=O)Nc4ccc(C(C)=O)cc4)NC(=O)C3C2)cc1. The first kappa shape index (κ1) is 24.3. The lowest BCUT2D eigenvalue weighted by Crippen LogP contribution is -2.64. The highest BCUT2D eigenvalue weighted by Gasteiger charge is 2.39. The number of nitrogens with zero attached hydrogens (tertiary/aromatic N) is 1. The summed E-state index contributed by atoms with van der Waals surface area (Å²) >= 11 is 1.36. The number of thioether (sulfide) groups is 1. The number of anilines is 1. The summed E-state index contributed by atoms with van der Waals surface area (Å²) in [6.45, 7) is 3.91. The molecular formula is C25H30N4O4S. The first-order chi connectivity index (χ1) is 16.4. The predicted molar refractivity (Wildman–Crippen MR) is 133 cm³/mol.